The quantitative estimate of drug-likeness (QED) is 0.490. The lowest BCUT2D eigenvalue weighted by Crippen LogP contribution is -2.07. The molecule has 1 aliphatic carbocycles. The molecule has 126 valence electrons. The molecule has 0 spiro atoms. The zero-order valence-corrected chi connectivity index (χ0v) is 14.5. The topological polar surface area (TPSA) is 96.0 Å². The fraction of sp³-hybridized carbons (Fsp3) is 0.176. The summed E-state index contributed by atoms with van der Waals surface area (Å²) in [5.74, 6) is -0.394. The third-order valence-electron chi connectivity index (χ3n) is 3.86. The van der Waals surface area contributed by atoms with Gasteiger partial charge in [0.15, 0.2) is 0 Å². The molecule has 1 aromatic heterocycles. The smallest absolute Gasteiger partial charge is 0.288 e. The number of aryl methyl sites for hydroxylation is 1. The first-order valence-electron chi connectivity index (χ1n) is 7.47. The van der Waals surface area contributed by atoms with Crippen molar-refractivity contribution in [1.29, 1.82) is 5.26 Å². The minimum Gasteiger partial charge on any atom is -0.313 e. The zero-order chi connectivity index (χ0) is 18.0. The predicted molar refractivity (Wildman–Crippen MR) is 96.8 cm³/mol. The van der Waals surface area contributed by atoms with Gasteiger partial charge in [-0.15, -0.1) is 11.3 Å². The molecule has 2 aromatic rings. The van der Waals surface area contributed by atoms with Gasteiger partial charge in [-0.2, -0.15) is 5.26 Å². The zero-order valence-electron chi connectivity index (χ0n) is 12.9. The molecule has 3 rings (SSSR count). The summed E-state index contributed by atoms with van der Waals surface area (Å²) in [6.07, 6.45) is 5.59. The van der Waals surface area contributed by atoms with Crippen LogP contribution in [0.5, 0.6) is 0 Å². The van der Waals surface area contributed by atoms with Gasteiger partial charge in [-0.1, -0.05) is 17.7 Å². The molecule has 1 aromatic carbocycles. The Morgan fingerprint density at radius 1 is 1.44 bits per heavy atom. The van der Waals surface area contributed by atoms with Crippen LogP contribution < -0.4 is 5.32 Å². The number of carbonyl (C=O) groups excluding carboxylic acids is 1. The Bertz CT molecular complexity index is 943. The van der Waals surface area contributed by atoms with Crippen LogP contribution in [0.4, 0.5) is 10.7 Å². The maximum Gasteiger partial charge on any atom is 0.288 e. The lowest BCUT2D eigenvalue weighted by molar-refractivity contribution is -0.384. The highest BCUT2D eigenvalue weighted by atomic mass is 35.5. The van der Waals surface area contributed by atoms with Gasteiger partial charge < -0.3 is 5.32 Å². The van der Waals surface area contributed by atoms with Gasteiger partial charge in [-0.25, -0.2) is 0 Å². The molecule has 25 heavy (non-hydrogen) atoms. The number of hydrogen-bond donors (Lipinski definition) is 1. The van der Waals surface area contributed by atoms with Crippen molar-refractivity contribution in [1.82, 2.24) is 0 Å². The highest BCUT2D eigenvalue weighted by Crippen LogP contribution is 2.38. The SMILES string of the molecule is N#Cc1c(NC(=O)C=Cc2ccc(Cl)c([N+](=O)[O-])c2)sc2c1CCC2. The Morgan fingerprint density at radius 3 is 2.96 bits per heavy atom. The summed E-state index contributed by atoms with van der Waals surface area (Å²) in [4.78, 5) is 23.6. The molecule has 0 fully saturated rings. The average molecular weight is 374 g/mol. The molecule has 0 radical (unpaired) electrons. The summed E-state index contributed by atoms with van der Waals surface area (Å²) in [7, 11) is 0. The fourth-order valence-corrected chi connectivity index (χ4v) is 4.14. The Morgan fingerprint density at radius 2 is 2.24 bits per heavy atom. The number of carbonyl (C=O) groups is 1. The highest BCUT2D eigenvalue weighted by molar-refractivity contribution is 7.16. The van der Waals surface area contributed by atoms with Crippen LogP contribution in [-0.2, 0) is 17.6 Å². The van der Waals surface area contributed by atoms with Crippen molar-refractivity contribution in [2.24, 2.45) is 0 Å². The van der Waals surface area contributed by atoms with E-state index < -0.39 is 10.8 Å². The first-order chi connectivity index (χ1) is 12.0. The second-order valence-corrected chi connectivity index (χ2v) is 6.98. The van der Waals surface area contributed by atoms with Crippen LogP contribution in [0.3, 0.4) is 0 Å². The Balaban J connectivity index is 1.75. The molecule has 0 saturated carbocycles. The number of nitro groups is 1. The number of nitrogens with one attached hydrogen (secondary N) is 1. The largest absolute Gasteiger partial charge is 0.313 e. The van der Waals surface area contributed by atoms with E-state index in [0.29, 0.717) is 16.1 Å². The summed E-state index contributed by atoms with van der Waals surface area (Å²) < 4.78 is 0. The molecular formula is C17H12ClN3O3S. The van der Waals surface area contributed by atoms with Gasteiger partial charge in [0.05, 0.1) is 10.5 Å². The van der Waals surface area contributed by atoms with Gasteiger partial charge in [0.2, 0.25) is 5.91 Å². The second kappa shape index (κ2) is 7.05. The van der Waals surface area contributed by atoms with Gasteiger partial charge in [0.25, 0.3) is 5.69 Å². The lowest BCUT2D eigenvalue weighted by atomic mass is 10.1. The van der Waals surface area contributed by atoms with Crippen LogP contribution in [0.15, 0.2) is 24.3 Å². The Kier molecular flexibility index (Phi) is 4.83. The van der Waals surface area contributed by atoms with Crippen LogP contribution >= 0.6 is 22.9 Å². The van der Waals surface area contributed by atoms with Crippen molar-refractivity contribution in [3.05, 3.63) is 61.0 Å². The number of thiophene rings is 1. The van der Waals surface area contributed by atoms with Crippen molar-refractivity contribution >= 4 is 45.6 Å². The number of benzene rings is 1. The van der Waals surface area contributed by atoms with Crippen LogP contribution in [0.1, 0.15) is 28.0 Å². The molecule has 1 N–H and O–H groups in total. The summed E-state index contributed by atoms with van der Waals surface area (Å²) in [6.45, 7) is 0. The van der Waals surface area contributed by atoms with E-state index in [1.165, 1.54) is 35.6 Å². The maximum atomic E-state index is 12.1. The van der Waals surface area contributed by atoms with E-state index in [1.807, 2.05) is 0 Å². The van der Waals surface area contributed by atoms with E-state index in [9.17, 15) is 20.2 Å². The van der Waals surface area contributed by atoms with E-state index in [-0.39, 0.29) is 10.7 Å². The monoisotopic (exact) mass is 373 g/mol. The molecule has 0 saturated heterocycles. The molecular weight excluding hydrogens is 362 g/mol. The van der Waals surface area contributed by atoms with Gasteiger partial charge in [-0.05, 0) is 42.5 Å². The van der Waals surface area contributed by atoms with E-state index in [1.54, 1.807) is 6.07 Å². The molecule has 8 heteroatoms. The molecule has 0 aliphatic heterocycles. The Labute approximate surface area is 152 Å². The van der Waals surface area contributed by atoms with Gasteiger partial charge in [0.1, 0.15) is 16.1 Å². The third kappa shape index (κ3) is 3.55. The Hall–Kier alpha value is -2.69. The van der Waals surface area contributed by atoms with E-state index >= 15 is 0 Å². The molecule has 0 atom stereocenters. The molecule has 0 bridgehead atoms. The van der Waals surface area contributed by atoms with Crippen LogP contribution in [0.25, 0.3) is 6.08 Å². The normalized spacial score (nSPS) is 12.8. The van der Waals surface area contributed by atoms with E-state index in [2.05, 4.69) is 11.4 Å². The maximum absolute atomic E-state index is 12.1. The van der Waals surface area contributed by atoms with E-state index in [4.69, 9.17) is 11.6 Å². The average Bonchev–Trinajstić information content (AvgIpc) is 3.14. The van der Waals surface area contributed by atoms with Gasteiger partial charge in [-0.3, -0.25) is 14.9 Å². The highest BCUT2D eigenvalue weighted by Gasteiger charge is 2.22. The first-order valence-corrected chi connectivity index (χ1v) is 8.66. The number of hydrogen-bond acceptors (Lipinski definition) is 5. The number of nitro benzene ring substituents is 1. The fourth-order valence-electron chi connectivity index (χ4n) is 2.71. The van der Waals surface area contributed by atoms with E-state index in [0.717, 1.165) is 29.7 Å². The van der Waals surface area contributed by atoms with Crippen molar-refractivity contribution in [3.63, 3.8) is 0 Å². The molecule has 1 amide bonds. The van der Waals surface area contributed by atoms with Crippen LogP contribution in [0, 0.1) is 21.4 Å². The molecule has 1 heterocycles. The summed E-state index contributed by atoms with van der Waals surface area (Å²) >= 11 is 7.19. The van der Waals surface area contributed by atoms with Crippen LogP contribution in [-0.4, -0.2) is 10.8 Å². The van der Waals surface area contributed by atoms with Crippen molar-refractivity contribution < 1.29 is 9.72 Å². The second-order valence-electron chi connectivity index (χ2n) is 5.46. The van der Waals surface area contributed by atoms with Gasteiger partial charge >= 0.3 is 0 Å². The van der Waals surface area contributed by atoms with Gasteiger partial charge in [0, 0.05) is 17.0 Å². The number of halogens is 1. The number of rotatable bonds is 4. The predicted octanol–water partition coefficient (Wildman–Crippen LogP) is 4.32. The van der Waals surface area contributed by atoms with Crippen molar-refractivity contribution in [2.45, 2.75) is 19.3 Å². The summed E-state index contributed by atoms with van der Waals surface area (Å²) in [5, 5.41) is 23.5. The standard InChI is InChI=1S/C17H12ClN3O3S/c18-13-6-4-10(8-14(13)21(23)24)5-7-16(22)20-17-12(9-19)11-2-1-3-15(11)25-17/h4-8H,1-3H2,(H,20,22). The summed E-state index contributed by atoms with van der Waals surface area (Å²) in [6, 6.07) is 6.46. The molecule has 0 unspecified atom stereocenters. The minimum atomic E-state index is -0.577. The number of nitriles is 1. The third-order valence-corrected chi connectivity index (χ3v) is 5.39. The van der Waals surface area contributed by atoms with Crippen molar-refractivity contribution in [3.8, 4) is 6.07 Å². The summed E-state index contributed by atoms with van der Waals surface area (Å²) in [5.41, 5.74) is 1.85. The molecule has 6 nitrogen and oxygen atoms in total. The number of amides is 1. The van der Waals surface area contributed by atoms with Crippen molar-refractivity contribution in [2.75, 3.05) is 5.32 Å². The first kappa shape index (κ1) is 17.1. The number of anilines is 1. The number of fused-ring (bicyclic) bond motifs is 1. The minimum absolute atomic E-state index is 0.0402. The molecule has 1 aliphatic rings. The van der Waals surface area contributed by atoms with Crippen LogP contribution in [0.2, 0.25) is 5.02 Å². The number of nitrogens with zero attached hydrogens (tertiary/aromatic N) is 2. The lowest BCUT2D eigenvalue weighted by Gasteiger charge is -2.01.